The number of ether oxygens (including phenoxy) is 1. The Morgan fingerprint density at radius 3 is 2.71 bits per heavy atom. The van der Waals surface area contributed by atoms with E-state index in [0.717, 1.165) is 25.7 Å². The first kappa shape index (κ1) is 14.4. The third kappa shape index (κ3) is 2.97. The maximum atomic E-state index is 6.25. The van der Waals surface area contributed by atoms with E-state index in [1.807, 2.05) is 6.92 Å². The Kier molecular flexibility index (Phi) is 4.91. The van der Waals surface area contributed by atoms with Crippen LogP contribution < -0.4 is 5.73 Å². The molecule has 0 aliphatic heterocycles. The molecule has 1 aliphatic carbocycles. The van der Waals surface area contributed by atoms with Crippen LogP contribution in [0, 0.1) is 0 Å². The minimum Gasteiger partial charge on any atom is -0.384 e. The standard InChI is InChI=1S/C11H19N3O2.ClH/c1-8(7-15-2)9-13-10(14-16-9)11(12)5-3-4-6-11;/h8H,3-7,12H2,1-2H3;1H. The SMILES string of the molecule is COCC(C)c1nc(C2(N)CCCC2)no1.Cl. The molecule has 1 heterocycles. The minimum absolute atomic E-state index is 0. The van der Waals surface area contributed by atoms with Crippen LogP contribution in [0.15, 0.2) is 4.52 Å². The molecular weight excluding hydrogens is 242 g/mol. The van der Waals surface area contributed by atoms with Gasteiger partial charge in [0.1, 0.15) is 0 Å². The van der Waals surface area contributed by atoms with Crippen molar-refractivity contribution < 1.29 is 9.26 Å². The molecule has 98 valence electrons. The maximum absolute atomic E-state index is 6.25. The molecular formula is C11H20ClN3O2. The topological polar surface area (TPSA) is 74.2 Å². The molecule has 2 N–H and O–H groups in total. The monoisotopic (exact) mass is 261 g/mol. The van der Waals surface area contributed by atoms with Gasteiger partial charge >= 0.3 is 0 Å². The first-order chi connectivity index (χ1) is 7.65. The average molecular weight is 262 g/mol. The maximum Gasteiger partial charge on any atom is 0.231 e. The summed E-state index contributed by atoms with van der Waals surface area (Å²) >= 11 is 0. The van der Waals surface area contributed by atoms with E-state index in [-0.39, 0.29) is 23.9 Å². The van der Waals surface area contributed by atoms with Gasteiger partial charge in [0, 0.05) is 7.11 Å². The van der Waals surface area contributed by atoms with E-state index in [1.54, 1.807) is 7.11 Å². The van der Waals surface area contributed by atoms with Gasteiger partial charge in [0.25, 0.3) is 0 Å². The van der Waals surface area contributed by atoms with Crippen molar-refractivity contribution in [3.05, 3.63) is 11.7 Å². The highest BCUT2D eigenvalue weighted by Crippen LogP contribution is 2.34. The van der Waals surface area contributed by atoms with Gasteiger partial charge in [-0.2, -0.15) is 4.98 Å². The third-order valence-electron chi connectivity index (χ3n) is 3.22. The van der Waals surface area contributed by atoms with Crippen LogP contribution in [0.2, 0.25) is 0 Å². The van der Waals surface area contributed by atoms with E-state index >= 15 is 0 Å². The molecule has 1 fully saturated rings. The second-order valence-corrected chi connectivity index (χ2v) is 4.68. The lowest BCUT2D eigenvalue weighted by Gasteiger charge is -2.17. The van der Waals surface area contributed by atoms with Gasteiger partial charge in [0.05, 0.1) is 18.1 Å². The fourth-order valence-electron chi connectivity index (χ4n) is 2.19. The zero-order valence-electron chi connectivity index (χ0n) is 10.3. The summed E-state index contributed by atoms with van der Waals surface area (Å²) in [5.41, 5.74) is 5.89. The van der Waals surface area contributed by atoms with Gasteiger partial charge in [-0.1, -0.05) is 24.9 Å². The molecule has 0 amide bonds. The van der Waals surface area contributed by atoms with E-state index in [4.69, 9.17) is 15.0 Å². The Balaban J connectivity index is 0.00000144. The molecule has 1 aromatic rings. The average Bonchev–Trinajstić information content (AvgIpc) is 2.86. The van der Waals surface area contributed by atoms with E-state index in [2.05, 4.69) is 10.1 Å². The van der Waals surface area contributed by atoms with Crippen molar-refractivity contribution in [3.63, 3.8) is 0 Å². The van der Waals surface area contributed by atoms with Gasteiger partial charge in [-0.15, -0.1) is 12.4 Å². The predicted molar refractivity (Wildman–Crippen MR) is 66.2 cm³/mol. The molecule has 6 heteroatoms. The lowest BCUT2D eigenvalue weighted by molar-refractivity contribution is 0.170. The van der Waals surface area contributed by atoms with Crippen LogP contribution >= 0.6 is 12.4 Å². The molecule has 1 aromatic heterocycles. The summed E-state index contributed by atoms with van der Waals surface area (Å²) in [7, 11) is 1.66. The van der Waals surface area contributed by atoms with E-state index < -0.39 is 0 Å². The van der Waals surface area contributed by atoms with Crippen molar-refractivity contribution in [2.75, 3.05) is 13.7 Å². The summed E-state index contributed by atoms with van der Waals surface area (Å²) in [6.45, 7) is 2.58. The van der Waals surface area contributed by atoms with Gasteiger partial charge in [-0.25, -0.2) is 0 Å². The minimum atomic E-state index is -0.367. The van der Waals surface area contributed by atoms with Crippen molar-refractivity contribution in [1.29, 1.82) is 0 Å². The van der Waals surface area contributed by atoms with Crippen molar-refractivity contribution in [2.24, 2.45) is 5.73 Å². The fraction of sp³-hybridized carbons (Fsp3) is 0.818. The van der Waals surface area contributed by atoms with Crippen LogP contribution in [-0.2, 0) is 10.3 Å². The summed E-state index contributed by atoms with van der Waals surface area (Å²) in [5, 5.41) is 4.01. The summed E-state index contributed by atoms with van der Waals surface area (Å²) < 4.78 is 10.3. The van der Waals surface area contributed by atoms with Gasteiger partial charge in [0.2, 0.25) is 5.89 Å². The molecule has 0 spiro atoms. The largest absolute Gasteiger partial charge is 0.384 e. The van der Waals surface area contributed by atoms with Crippen LogP contribution in [0.1, 0.15) is 50.2 Å². The van der Waals surface area contributed by atoms with Gasteiger partial charge < -0.3 is 15.0 Å². The van der Waals surface area contributed by atoms with Crippen molar-refractivity contribution in [1.82, 2.24) is 10.1 Å². The van der Waals surface area contributed by atoms with E-state index in [0.29, 0.717) is 18.3 Å². The van der Waals surface area contributed by atoms with Crippen LogP contribution in [0.5, 0.6) is 0 Å². The number of methoxy groups -OCH3 is 1. The molecule has 0 saturated heterocycles. The third-order valence-corrected chi connectivity index (χ3v) is 3.22. The zero-order chi connectivity index (χ0) is 11.6. The molecule has 1 saturated carbocycles. The Labute approximate surface area is 108 Å². The number of halogens is 1. The first-order valence-electron chi connectivity index (χ1n) is 5.77. The zero-order valence-corrected chi connectivity index (χ0v) is 11.1. The molecule has 17 heavy (non-hydrogen) atoms. The molecule has 0 radical (unpaired) electrons. The highest BCUT2D eigenvalue weighted by molar-refractivity contribution is 5.85. The summed E-state index contributed by atoms with van der Waals surface area (Å²) in [5.74, 6) is 1.40. The lowest BCUT2D eigenvalue weighted by Crippen LogP contribution is -2.34. The number of hydrogen-bond acceptors (Lipinski definition) is 5. The van der Waals surface area contributed by atoms with Gasteiger partial charge in [0.15, 0.2) is 5.82 Å². The Hall–Kier alpha value is -0.650. The molecule has 0 bridgehead atoms. The van der Waals surface area contributed by atoms with Crippen LogP contribution in [-0.4, -0.2) is 23.9 Å². The number of nitrogens with two attached hydrogens (primary N) is 1. The highest BCUT2D eigenvalue weighted by Gasteiger charge is 2.36. The highest BCUT2D eigenvalue weighted by atomic mass is 35.5. The molecule has 0 aromatic carbocycles. The number of aromatic nitrogens is 2. The second kappa shape index (κ2) is 5.80. The number of rotatable bonds is 4. The summed E-state index contributed by atoms with van der Waals surface area (Å²) in [4.78, 5) is 4.40. The first-order valence-corrected chi connectivity index (χ1v) is 5.77. The van der Waals surface area contributed by atoms with E-state index in [1.165, 1.54) is 0 Å². The molecule has 5 nitrogen and oxygen atoms in total. The van der Waals surface area contributed by atoms with Crippen LogP contribution in [0.4, 0.5) is 0 Å². The number of nitrogens with zero attached hydrogens (tertiary/aromatic N) is 2. The lowest BCUT2D eigenvalue weighted by atomic mass is 9.98. The molecule has 1 atom stereocenters. The molecule has 1 unspecified atom stereocenters. The second-order valence-electron chi connectivity index (χ2n) is 4.68. The summed E-state index contributed by atoms with van der Waals surface area (Å²) in [6, 6.07) is 0. The number of hydrogen-bond donors (Lipinski definition) is 1. The predicted octanol–water partition coefficient (Wildman–Crippen LogP) is 1.97. The van der Waals surface area contributed by atoms with Gasteiger partial charge in [-0.05, 0) is 12.8 Å². The Morgan fingerprint density at radius 2 is 2.12 bits per heavy atom. The van der Waals surface area contributed by atoms with Crippen LogP contribution in [0.25, 0.3) is 0 Å². The Morgan fingerprint density at radius 1 is 1.47 bits per heavy atom. The quantitative estimate of drug-likeness (QED) is 0.897. The fourth-order valence-corrected chi connectivity index (χ4v) is 2.19. The van der Waals surface area contributed by atoms with Crippen molar-refractivity contribution >= 4 is 12.4 Å². The van der Waals surface area contributed by atoms with Crippen LogP contribution in [0.3, 0.4) is 0 Å². The van der Waals surface area contributed by atoms with Gasteiger partial charge in [-0.3, -0.25) is 0 Å². The Bertz CT molecular complexity index is 350. The van der Waals surface area contributed by atoms with Crippen molar-refractivity contribution in [3.8, 4) is 0 Å². The smallest absolute Gasteiger partial charge is 0.231 e. The normalized spacial score (nSPS) is 19.9. The van der Waals surface area contributed by atoms with Crippen molar-refractivity contribution in [2.45, 2.75) is 44.1 Å². The molecule has 1 aliphatic rings. The summed E-state index contributed by atoms with van der Waals surface area (Å²) in [6.07, 6.45) is 4.19. The molecule has 2 rings (SSSR count). The van der Waals surface area contributed by atoms with E-state index in [9.17, 15) is 0 Å².